The molecule has 1 fully saturated rings. The zero-order valence-corrected chi connectivity index (χ0v) is 15.1. The van der Waals surface area contributed by atoms with Crippen LogP contribution in [0.5, 0.6) is 11.5 Å². The van der Waals surface area contributed by atoms with Crippen molar-refractivity contribution in [2.24, 2.45) is 0 Å². The highest BCUT2D eigenvalue weighted by Gasteiger charge is 2.29. The van der Waals surface area contributed by atoms with Crippen molar-refractivity contribution in [3.8, 4) is 11.5 Å². The number of hydrogen-bond acceptors (Lipinski definition) is 5. The molecule has 1 aliphatic rings. The van der Waals surface area contributed by atoms with Gasteiger partial charge in [-0.25, -0.2) is 0 Å². The van der Waals surface area contributed by atoms with Gasteiger partial charge in [-0.2, -0.15) is 13.2 Å². The van der Waals surface area contributed by atoms with Crippen molar-refractivity contribution in [2.45, 2.75) is 6.18 Å². The summed E-state index contributed by atoms with van der Waals surface area (Å²) < 4.78 is 46.7. The normalized spacial score (nSPS) is 15.4. The van der Waals surface area contributed by atoms with Crippen molar-refractivity contribution in [1.82, 2.24) is 15.1 Å². The third-order valence-electron chi connectivity index (χ3n) is 4.11. The van der Waals surface area contributed by atoms with E-state index >= 15 is 0 Å². The smallest absolute Gasteiger partial charge is 0.405 e. The Labute approximate surface area is 155 Å². The van der Waals surface area contributed by atoms with E-state index < -0.39 is 18.6 Å². The van der Waals surface area contributed by atoms with Crippen LogP contribution in [0.4, 0.5) is 13.2 Å². The van der Waals surface area contributed by atoms with Crippen molar-refractivity contribution < 1.29 is 32.2 Å². The maximum absolute atomic E-state index is 12.7. The molecule has 2 rings (SSSR count). The van der Waals surface area contributed by atoms with Crippen molar-refractivity contribution >= 4 is 11.8 Å². The molecule has 0 saturated carbocycles. The largest absolute Gasteiger partial charge is 0.497 e. The van der Waals surface area contributed by atoms with Gasteiger partial charge in [-0.15, -0.1) is 0 Å². The van der Waals surface area contributed by atoms with Crippen LogP contribution in [0.3, 0.4) is 0 Å². The molecule has 1 aliphatic heterocycles. The highest BCUT2D eigenvalue weighted by molar-refractivity contribution is 5.95. The van der Waals surface area contributed by atoms with Crippen molar-refractivity contribution in [3.63, 3.8) is 0 Å². The third-order valence-corrected chi connectivity index (χ3v) is 4.11. The molecule has 0 aromatic heterocycles. The van der Waals surface area contributed by atoms with Gasteiger partial charge in [-0.05, 0) is 12.1 Å². The average Bonchev–Trinajstić information content (AvgIpc) is 2.65. The molecule has 0 spiro atoms. The third kappa shape index (κ3) is 6.31. The van der Waals surface area contributed by atoms with Crippen LogP contribution in [0.25, 0.3) is 0 Å². The summed E-state index contributed by atoms with van der Waals surface area (Å²) in [7, 11) is 2.98. The van der Waals surface area contributed by atoms with Crippen molar-refractivity contribution in [3.05, 3.63) is 23.8 Å². The second kappa shape index (κ2) is 8.94. The quantitative estimate of drug-likeness (QED) is 0.790. The van der Waals surface area contributed by atoms with E-state index in [0.717, 1.165) is 0 Å². The predicted molar refractivity (Wildman–Crippen MR) is 91.0 cm³/mol. The number of alkyl halides is 3. The van der Waals surface area contributed by atoms with Gasteiger partial charge in [0.25, 0.3) is 5.91 Å². The lowest BCUT2D eigenvalue weighted by Crippen LogP contribution is -2.51. The predicted octanol–water partition coefficient (Wildman–Crippen LogP) is 1.14. The lowest BCUT2D eigenvalue weighted by atomic mass is 10.1. The summed E-state index contributed by atoms with van der Waals surface area (Å²) in [5.41, 5.74) is 0.419. The molecule has 0 bridgehead atoms. The van der Waals surface area contributed by atoms with E-state index in [1.807, 2.05) is 5.32 Å². The van der Waals surface area contributed by atoms with Gasteiger partial charge in [0.2, 0.25) is 5.91 Å². The minimum atomic E-state index is -4.43. The molecular weight excluding hydrogens is 367 g/mol. The highest BCUT2D eigenvalue weighted by Crippen LogP contribution is 2.23. The van der Waals surface area contributed by atoms with E-state index in [1.165, 1.54) is 14.2 Å². The number of nitrogens with zero attached hydrogens (tertiary/aromatic N) is 2. The number of amides is 2. The Bertz CT molecular complexity index is 652. The molecule has 1 saturated heterocycles. The van der Waals surface area contributed by atoms with E-state index in [2.05, 4.69) is 0 Å². The summed E-state index contributed by atoms with van der Waals surface area (Å²) in [6, 6.07) is 4.89. The van der Waals surface area contributed by atoms with E-state index in [1.54, 1.807) is 28.0 Å². The summed E-state index contributed by atoms with van der Waals surface area (Å²) in [6.07, 6.45) is -4.43. The summed E-state index contributed by atoms with van der Waals surface area (Å²) in [4.78, 5) is 27.6. The van der Waals surface area contributed by atoms with Gasteiger partial charge >= 0.3 is 6.18 Å². The molecule has 2 amide bonds. The molecule has 10 heteroatoms. The number of hydrogen-bond donors (Lipinski definition) is 1. The molecule has 0 aliphatic carbocycles. The van der Waals surface area contributed by atoms with Crippen LogP contribution in [0, 0.1) is 0 Å². The first kappa shape index (κ1) is 20.8. The van der Waals surface area contributed by atoms with Gasteiger partial charge in [0, 0.05) is 37.8 Å². The Morgan fingerprint density at radius 2 is 1.59 bits per heavy atom. The first-order valence-electron chi connectivity index (χ1n) is 8.30. The summed E-state index contributed by atoms with van der Waals surface area (Å²) >= 11 is 0. The highest BCUT2D eigenvalue weighted by atomic mass is 19.4. The Hall–Kier alpha value is -2.49. The summed E-state index contributed by atoms with van der Waals surface area (Å²) in [5.74, 6) is 0.105. The molecule has 1 aromatic carbocycles. The molecule has 1 aromatic rings. The molecule has 0 atom stereocenters. The fourth-order valence-corrected chi connectivity index (χ4v) is 2.68. The number of carbonyl (C=O) groups is 2. The van der Waals surface area contributed by atoms with Gasteiger partial charge in [0.1, 0.15) is 18.0 Å². The minimum absolute atomic E-state index is 0.134. The maximum atomic E-state index is 12.7. The van der Waals surface area contributed by atoms with E-state index in [0.29, 0.717) is 43.2 Å². The minimum Gasteiger partial charge on any atom is -0.497 e. The lowest BCUT2D eigenvalue weighted by molar-refractivity contribution is -0.139. The van der Waals surface area contributed by atoms with E-state index in [4.69, 9.17) is 9.47 Å². The van der Waals surface area contributed by atoms with Crippen LogP contribution >= 0.6 is 0 Å². The number of nitrogens with one attached hydrogen (secondary N) is 1. The standard InChI is InChI=1S/C17H22F3N3O4/c1-26-13-7-12(8-14(9-13)27-2)16(25)23-5-3-22(4-6-23)10-15(24)21-11-17(18,19)20/h7-9H,3-6,10-11H2,1-2H3,(H,21,24). The average molecular weight is 389 g/mol. The van der Waals surface area contributed by atoms with E-state index in [-0.39, 0.29) is 12.5 Å². The molecule has 7 nitrogen and oxygen atoms in total. The van der Waals surface area contributed by atoms with Crippen molar-refractivity contribution in [1.29, 1.82) is 0 Å². The number of methoxy groups -OCH3 is 2. The fraction of sp³-hybridized carbons (Fsp3) is 0.529. The Kier molecular flexibility index (Phi) is 6.89. The molecule has 1 heterocycles. The maximum Gasteiger partial charge on any atom is 0.405 e. The van der Waals surface area contributed by atoms with Gasteiger partial charge in [-0.1, -0.05) is 0 Å². The summed E-state index contributed by atoms with van der Waals surface area (Å²) in [6.45, 7) is 0.0431. The molecule has 0 unspecified atom stereocenters. The second-order valence-corrected chi connectivity index (χ2v) is 6.06. The van der Waals surface area contributed by atoms with Gasteiger partial charge in [0.15, 0.2) is 0 Å². The SMILES string of the molecule is COc1cc(OC)cc(C(=O)N2CCN(CC(=O)NCC(F)(F)F)CC2)c1. The number of ether oxygens (including phenoxy) is 2. The number of piperazine rings is 1. The summed E-state index contributed by atoms with van der Waals surface area (Å²) in [5, 5.41) is 1.84. The molecule has 150 valence electrons. The molecule has 1 N–H and O–H groups in total. The van der Waals surface area contributed by atoms with Crippen LogP contribution in [0.15, 0.2) is 18.2 Å². The topological polar surface area (TPSA) is 71.1 Å². The zero-order chi connectivity index (χ0) is 20.0. The number of halogens is 3. The number of carbonyl (C=O) groups excluding carboxylic acids is 2. The first-order valence-corrected chi connectivity index (χ1v) is 8.30. The Balaban J connectivity index is 1.88. The first-order chi connectivity index (χ1) is 12.7. The van der Waals surface area contributed by atoms with Gasteiger partial charge in [-0.3, -0.25) is 14.5 Å². The lowest BCUT2D eigenvalue weighted by Gasteiger charge is -2.34. The Morgan fingerprint density at radius 1 is 1.04 bits per heavy atom. The van der Waals surface area contributed by atoms with Crippen LogP contribution in [0.2, 0.25) is 0 Å². The van der Waals surface area contributed by atoms with Crippen LogP contribution in [0.1, 0.15) is 10.4 Å². The van der Waals surface area contributed by atoms with E-state index in [9.17, 15) is 22.8 Å². The van der Waals surface area contributed by atoms with Gasteiger partial charge < -0.3 is 19.7 Å². The molecular formula is C17H22F3N3O4. The monoisotopic (exact) mass is 389 g/mol. The number of benzene rings is 1. The van der Waals surface area contributed by atoms with Crippen molar-refractivity contribution in [2.75, 3.05) is 53.5 Å². The molecule has 0 radical (unpaired) electrons. The zero-order valence-electron chi connectivity index (χ0n) is 15.1. The second-order valence-electron chi connectivity index (χ2n) is 6.06. The fourth-order valence-electron chi connectivity index (χ4n) is 2.68. The Morgan fingerprint density at radius 3 is 2.07 bits per heavy atom. The van der Waals surface area contributed by atoms with Crippen LogP contribution in [-0.4, -0.2) is 81.3 Å². The van der Waals surface area contributed by atoms with Gasteiger partial charge in [0.05, 0.1) is 20.8 Å². The van der Waals surface area contributed by atoms with Crippen LogP contribution in [-0.2, 0) is 4.79 Å². The molecule has 27 heavy (non-hydrogen) atoms. The van der Waals surface area contributed by atoms with Crippen LogP contribution < -0.4 is 14.8 Å². The number of rotatable bonds is 6.